The zero-order valence-electron chi connectivity index (χ0n) is 26.0. The quantitative estimate of drug-likeness (QED) is 0.390. The van der Waals surface area contributed by atoms with Gasteiger partial charge in [0.05, 0.1) is 11.9 Å². The van der Waals surface area contributed by atoms with Crippen LogP contribution in [-0.2, 0) is 7.05 Å². The van der Waals surface area contributed by atoms with Crippen molar-refractivity contribution in [3.05, 3.63) is 12.4 Å². The largest absolute Gasteiger partial charge is 0.419 e. The molecule has 1 aromatic rings. The van der Waals surface area contributed by atoms with E-state index in [0.717, 1.165) is 0 Å². The van der Waals surface area contributed by atoms with Crippen molar-refractivity contribution < 1.29 is 0 Å². The highest BCUT2D eigenvalue weighted by Gasteiger charge is 2.74. The topological polar surface area (TPSA) is 21.1 Å². The standard InChI is InChI=1S/C28H59N3Si2/c1-23(2,3)32(24(4,5)6,25(7,8)9)31(22-20-29-30(19)21-22)33(26(10,11)12,27(13,14)15)28(16,17)18/h20-21H,1-19H3. The number of anilines is 1. The molecule has 0 bridgehead atoms. The lowest BCUT2D eigenvalue weighted by atomic mass is 10.2. The first-order valence-corrected chi connectivity index (χ1v) is 16.8. The third kappa shape index (κ3) is 4.43. The minimum Gasteiger partial charge on any atom is -0.419 e. The normalized spacial score (nSPS) is 15.7. The summed E-state index contributed by atoms with van der Waals surface area (Å²) < 4.78 is 5.19. The number of hydrogen-bond donors (Lipinski definition) is 0. The van der Waals surface area contributed by atoms with Gasteiger partial charge in [-0.2, -0.15) is 5.10 Å². The van der Waals surface area contributed by atoms with Gasteiger partial charge < -0.3 is 4.23 Å². The number of nitrogens with zero attached hydrogens (tertiary/aromatic N) is 3. The highest BCUT2D eigenvalue weighted by atomic mass is 28.4. The van der Waals surface area contributed by atoms with E-state index in [1.807, 2.05) is 4.68 Å². The Balaban J connectivity index is 4.71. The van der Waals surface area contributed by atoms with Crippen molar-refractivity contribution in [3.8, 4) is 0 Å². The minimum absolute atomic E-state index is 0.138. The van der Waals surface area contributed by atoms with Crippen molar-refractivity contribution in [1.82, 2.24) is 9.78 Å². The molecular weight excluding hydrogens is 435 g/mol. The molecule has 0 spiro atoms. The number of aryl methyl sites for hydroxylation is 1. The van der Waals surface area contributed by atoms with Crippen LogP contribution < -0.4 is 4.23 Å². The van der Waals surface area contributed by atoms with Crippen LogP contribution in [0.4, 0.5) is 5.69 Å². The predicted octanol–water partition coefficient (Wildman–Crippen LogP) is 9.92. The SMILES string of the molecule is Cn1cc(N([Si](C(C)(C)C)(C(C)(C)C)C(C)(C)C)[Si](C(C)(C)C)(C(C)(C)C)C(C)(C)C)cn1. The summed E-state index contributed by atoms with van der Waals surface area (Å²) in [6.07, 6.45) is 4.49. The molecule has 0 fully saturated rings. The molecule has 1 rings (SSSR count). The third-order valence-electron chi connectivity index (χ3n) is 8.13. The summed E-state index contributed by atoms with van der Waals surface area (Å²) >= 11 is 0. The first-order valence-electron chi connectivity index (χ1n) is 12.9. The lowest BCUT2D eigenvalue weighted by molar-refractivity contribution is 0.497. The molecule has 194 valence electrons. The molecule has 1 heterocycles. The Hall–Kier alpha value is -0.556. The minimum atomic E-state index is -2.38. The Kier molecular flexibility index (Phi) is 7.62. The Morgan fingerprint density at radius 2 is 0.788 bits per heavy atom. The van der Waals surface area contributed by atoms with Crippen LogP contribution in [0.1, 0.15) is 125 Å². The summed E-state index contributed by atoms with van der Waals surface area (Å²) in [4.78, 5) is 0. The molecule has 1 aromatic heterocycles. The van der Waals surface area contributed by atoms with E-state index in [-0.39, 0.29) is 30.2 Å². The van der Waals surface area contributed by atoms with Crippen LogP contribution >= 0.6 is 0 Å². The van der Waals surface area contributed by atoms with E-state index in [1.54, 1.807) is 0 Å². The van der Waals surface area contributed by atoms with Gasteiger partial charge in [0.2, 0.25) is 0 Å². The van der Waals surface area contributed by atoms with Gasteiger partial charge in [0.25, 0.3) is 0 Å². The first kappa shape index (κ1) is 30.5. The highest BCUT2D eigenvalue weighted by Crippen LogP contribution is 2.72. The molecule has 0 aliphatic rings. The molecule has 0 N–H and O–H groups in total. The molecule has 0 aliphatic heterocycles. The summed E-state index contributed by atoms with van der Waals surface area (Å²) in [5.74, 6) is 0. The molecule has 33 heavy (non-hydrogen) atoms. The van der Waals surface area contributed by atoms with Crippen LogP contribution in [0.5, 0.6) is 0 Å². The molecule has 3 nitrogen and oxygen atoms in total. The van der Waals surface area contributed by atoms with Crippen LogP contribution in [0.25, 0.3) is 0 Å². The second kappa shape index (κ2) is 8.25. The van der Waals surface area contributed by atoms with Crippen molar-refractivity contribution in [2.24, 2.45) is 7.05 Å². The fourth-order valence-electron chi connectivity index (χ4n) is 9.93. The summed E-state index contributed by atoms with van der Waals surface area (Å²) in [5, 5.41) is 5.61. The molecule has 0 saturated heterocycles. The van der Waals surface area contributed by atoms with Crippen molar-refractivity contribution in [2.75, 3.05) is 4.23 Å². The fraction of sp³-hybridized carbons (Fsp3) is 0.893. The number of hydrogen-bond acceptors (Lipinski definition) is 2. The number of aromatic nitrogens is 2. The average Bonchev–Trinajstić information content (AvgIpc) is 2.83. The Morgan fingerprint density at radius 3 is 0.939 bits per heavy atom. The monoisotopic (exact) mass is 493 g/mol. The van der Waals surface area contributed by atoms with Crippen molar-refractivity contribution in [2.45, 2.75) is 155 Å². The predicted molar refractivity (Wildman–Crippen MR) is 155 cm³/mol. The first-order chi connectivity index (χ1) is 14.1. The van der Waals surface area contributed by atoms with Crippen molar-refractivity contribution >= 4 is 22.2 Å². The van der Waals surface area contributed by atoms with Gasteiger partial charge in [0, 0.05) is 13.2 Å². The van der Waals surface area contributed by atoms with E-state index in [1.165, 1.54) is 5.69 Å². The second-order valence-corrected chi connectivity index (χ2v) is 29.8. The molecule has 0 radical (unpaired) electrons. The molecule has 0 aromatic carbocycles. The summed E-state index contributed by atoms with van der Waals surface area (Å²) in [5.41, 5.74) is 1.34. The van der Waals surface area contributed by atoms with Crippen molar-refractivity contribution in [1.29, 1.82) is 0 Å². The Bertz CT molecular complexity index is 688. The van der Waals surface area contributed by atoms with Gasteiger partial charge in [0.15, 0.2) is 16.5 Å². The molecule has 0 unspecified atom stereocenters. The third-order valence-corrected chi connectivity index (χ3v) is 25.0. The van der Waals surface area contributed by atoms with Crippen LogP contribution in [0.2, 0.25) is 30.2 Å². The number of rotatable bonds is 3. The zero-order chi connectivity index (χ0) is 26.9. The van der Waals surface area contributed by atoms with Gasteiger partial charge in [-0.3, -0.25) is 4.68 Å². The summed E-state index contributed by atoms with van der Waals surface area (Å²) in [7, 11) is -2.69. The van der Waals surface area contributed by atoms with Gasteiger partial charge >= 0.3 is 0 Å². The van der Waals surface area contributed by atoms with Crippen molar-refractivity contribution in [3.63, 3.8) is 0 Å². The molecule has 0 atom stereocenters. The van der Waals surface area contributed by atoms with E-state index >= 15 is 0 Å². The fourth-order valence-corrected chi connectivity index (χ4v) is 36.5. The molecule has 0 saturated carbocycles. The van der Waals surface area contributed by atoms with Crippen LogP contribution in [0.3, 0.4) is 0 Å². The Labute approximate surface area is 210 Å². The molecule has 0 amide bonds. The van der Waals surface area contributed by atoms with E-state index in [9.17, 15) is 0 Å². The second-order valence-electron chi connectivity index (χ2n) is 16.6. The maximum absolute atomic E-state index is 4.78. The lowest BCUT2D eigenvalue weighted by Crippen LogP contribution is -2.83. The van der Waals surface area contributed by atoms with Gasteiger partial charge in [-0.05, 0) is 30.2 Å². The molecule has 5 heteroatoms. The zero-order valence-corrected chi connectivity index (χ0v) is 28.0. The summed E-state index contributed by atoms with van der Waals surface area (Å²) in [6.45, 7) is 45.6. The van der Waals surface area contributed by atoms with Gasteiger partial charge in [-0.25, -0.2) is 0 Å². The molecule has 0 aliphatic carbocycles. The summed E-state index contributed by atoms with van der Waals surface area (Å²) in [6, 6.07) is 0. The molecular formula is C28H59N3Si2. The van der Waals surface area contributed by atoms with E-state index < -0.39 is 16.5 Å². The Morgan fingerprint density at radius 1 is 0.545 bits per heavy atom. The van der Waals surface area contributed by atoms with Crippen LogP contribution in [0, 0.1) is 0 Å². The van der Waals surface area contributed by atoms with Crippen LogP contribution in [-0.4, -0.2) is 26.3 Å². The lowest BCUT2D eigenvalue weighted by Gasteiger charge is -2.75. The van der Waals surface area contributed by atoms with Gasteiger partial charge in [-0.15, -0.1) is 0 Å². The van der Waals surface area contributed by atoms with Gasteiger partial charge in [-0.1, -0.05) is 125 Å². The highest BCUT2D eigenvalue weighted by molar-refractivity contribution is 7.08. The maximum atomic E-state index is 4.78. The average molecular weight is 494 g/mol. The van der Waals surface area contributed by atoms with E-state index in [4.69, 9.17) is 5.10 Å². The smallest absolute Gasteiger partial charge is 0.164 e. The van der Waals surface area contributed by atoms with Gasteiger partial charge in [0.1, 0.15) is 0 Å². The van der Waals surface area contributed by atoms with E-state index in [0.29, 0.717) is 0 Å². The van der Waals surface area contributed by atoms with E-state index in [2.05, 4.69) is 148 Å². The maximum Gasteiger partial charge on any atom is 0.164 e. The van der Waals surface area contributed by atoms with Crippen LogP contribution in [0.15, 0.2) is 12.4 Å².